The lowest BCUT2D eigenvalue weighted by Crippen LogP contribution is -2.17. The van der Waals surface area contributed by atoms with Gasteiger partial charge in [0.2, 0.25) is 0 Å². The van der Waals surface area contributed by atoms with Gasteiger partial charge in [-0.15, -0.1) is 0 Å². The summed E-state index contributed by atoms with van der Waals surface area (Å²) in [6.07, 6.45) is 10.8. The van der Waals surface area contributed by atoms with Crippen LogP contribution in [-0.2, 0) is 4.74 Å². The fraction of sp³-hybridized carbons (Fsp3) is 0.786. The summed E-state index contributed by atoms with van der Waals surface area (Å²) >= 11 is 0. The summed E-state index contributed by atoms with van der Waals surface area (Å²) in [5.74, 6) is 0.921. The summed E-state index contributed by atoms with van der Waals surface area (Å²) in [5, 5.41) is 3.21. The molecule has 3 nitrogen and oxygen atoms in total. The molecule has 0 spiro atoms. The standard InChI is InChI=1S/C14H26N2O/c1-4-13(16-3)14(11-15-2)17-12-9-7-5-6-8-10-12/h11-12,16H,4-10H2,1-3H3/b14-13+,15-11?. The molecule has 0 aromatic carbocycles. The molecule has 0 saturated heterocycles. The Morgan fingerprint density at radius 2 is 1.94 bits per heavy atom. The van der Waals surface area contributed by atoms with Gasteiger partial charge in [0.25, 0.3) is 0 Å². The van der Waals surface area contributed by atoms with E-state index >= 15 is 0 Å². The van der Waals surface area contributed by atoms with Crippen molar-refractivity contribution in [3.63, 3.8) is 0 Å². The highest BCUT2D eigenvalue weighted by Crippen LogP contribution is 2.22. The quantitative estimate of drug-likeness (QED) is 0.453. The van der Waals surface area contributed by atoms with Crippen LogP contribution in [-0.4, -0.2) is 26.4 Å². The molecule has 0 bridgehead atoms. The second-order valence-corrected chi connectivity index (χ2v) is 4.57. The molecular weight excluding hydrogens is 212 g/mol. The molecule has 1 aliphatic rings. The van der Waals surface area contributed by atoms with E-state index in [0.717, 1.165) is 17.9 Å². The minimum Gasteiger partial charge on any atom is -0.487 e. The molecule has 1 rings (SSSR count). The van der Waals surface area contributed by atoms with Crippen LogP contribution < -0.4 is 5.32 Å². The second kappa shape index (κ2) is 8.15. The fourth-order valence-corrected chi connectivity index (χ4v) is 2.31. The van der Waals surface area contributed by atoms with E-state index in [-0.39, 0.29) is 0 Å². The summed E-state index contributed by atoms with van der Waals surface area (Å²) in [6, 6.07) is 0. The van der Waals surface area contributed by atoms with Crippen LogP contribution in [0.4, 0.5) is 0 Å². The van der Waals surface area contributed by atoms with Crippen molar-refractivity contribution in [2.45, 2.75) is 58.0 Å². The van der Waals surface area contributed by atoms with Crippen LogP contribution in [0.25, 0.3) is 0 Å². The van der Waals surface area contributed by atoms with Crippen molar-refractivity contribution in [3.8, 4) is 0 Å². The Balaban J connectivity index is 2.67. The molecule has 0 unspecified atom stereocenters. The monoisotopic (exact) mass is 238 g/mol. The third-order valence-electron chi connectivity index (χ3n) is 3.29. The Hall–Kier alpha value is -0.990. The Labute approximate surface area is 105 Å². The molecule has 0 amide bonds. The zero-order valence-electron chi connectivity index (χ0n) is 11.5. The van der Waals surface area contributed by atoms with Crippen molar-refractivity contribution >= 4 is 6.21 Å². The zero-order valence-corrected chi connectivity index (χ0v) is 11.5. The van der Waals surface area contributed by atoms with E-state index in [0.29, 0.717) is 6.10 Å². The average molecular weight is 238 g/mol. The molecule has 3 heteroatoms. The van der Waals surface area contributed by atoms with Gasteiger partial charge < -0.3 is 10.1 Å². The summed E-state index contributed by atoms with van der Waals surface area (Å²) in [6.45, 7) is 2.13. The minimum atomic E-state index is 0.375. The van der Waals surface area contributed by atoms with Crippen LogP contribution in [0.2, 0.25) is 0 Å². The van der Waals surface area contributed by atoms with E-state index < -0.39 is 0 Å². The molecule has 0 aliphatic heterocycles. The van der Waals surface area contributed by atoms with Gasteiger partial charge in [-0.05, 0) is 32.1 Å². The van der Waals surface area contributed by atoms with Crippen LogP contribution in [0, 0.1) is 0 Å². The molecule has 98 valence electrons. The van der Waals surface area contributed by atoms with Crippen molar-refractivity contribution in [1.29, 1.82) is 0 Å². The molecule has 1 N–H and O–H groups in total. The number of rotatable bonds is 5. The van der Waals surface area contributed by atoms with Gasteiger partial charge in [-0.1, -0.05) is 19.8 Å². The van der Waals surface area contributed by atoms with E-state index in [9.17, 15) is 0 Å². The molecular formula is C14H26N2O. The number of hydrogen-bond acceptors (Lipinski definition) is 3. The summed E-state index contributed by atoms with van der Waals surface area (Å²) in [7, 11) is 3.73. The number of hydrogen-bond donors (Lipinski definition) is 1. The Kier molecular flexibility index (Phi) is 6.75. The first kappa shape index (κ1) is 14.1. The maximum Gasteiger partial charge on any atom is 0.156 e. The third-order valence-corrected chi connectivity index (χ3v) is 3.29. The van der Waals surface area contributed by atoms with Crippen molar-refractivity contribution in [3.05, 3.63) is 11.5 Å². The molecule has 1 saturated carbocycles. The highest BCUT2D eigenvalue weighted by atomic mass is 16.5. The van der Waals surface area contributed by atoms with Crippen molar-refractivity contribution in [2.24, 2.45) is 4.99 Å². The highest BCUT2D eigenvalue weighted by Gasteiger charge is 2.15. The lowest BCUT2D eigenvalue weighted by Gasteiger charge is -2.19. The van der Waals surface area contributed by atoms with E-state index in [1.54, 1.807) is 7.05 Å². The third kappa shape index (κ3) is 4.80. The summed E-state index contributed by atoms with van der Waals surface area (Å²) in [5.41, 5.74) is 1.14. The fourth-order valence-electron chi connectivity index (χ4n) is 2.31. The predicted octanol–water partition coefficient (Wildman–Crippen LogP) is 3.27. The maximum atomic E-state index is 6.12. The Morgan fingerprint density at radius 1 is 1.29 bits per heavy atom. The number of ether oxygens (including phenoxy) is 1. The van der Waals surface area contributed by atoms with Gasteiger partial charge >= 0.3 is 0 Å². The minimum absolute atomic E-state index is 0.375. The van der Waals surface area contributed by atoms with Crippen LogP contribution in [0.1, 0.15) is 51.9 Å². The van der Waals surface area contributed by atoms with E-state index in [1.807, 2.05) is 13.3 Å². The number of aliphatic imine (C=N–C) groups is 1. The van der Waals surface area contributed by atoms with Crippen LogP contribution >= 0.6 is 0 Å². The second-order valence-electron chi connectivity index (χ2n) is 4.57. The molecule has 17 heavy (non-hydrogen) atoms. The largest absolute Gasteiger partial charge is 0.487 e. The van der Waals surface area contributed by atoms with Gasteiger partial charge in [0.15, 0.2) is 5.76 Å². The first-order chi connectivity index (χ1) is 8.31. The lowest BCUT2D eigenvalue weighted by atomic mass is 10.1. The van der Waals surface area contributed by atoms with Crippen LogP contribution in [0.15, 0.2) is 16.4 Å². The SMILES string of the molecule is CC/C(NC)=C(/C=NC)OC1CCCCCC1. The maximum absolute atomic E-state index is 6.12. The topological polar surface area (TPSA) is 33.6 Å². The predicted molar refractivity (Wildman–Crippen MR) is 73.4 cm³/mol. The Morgan fingerprint density at radius 3 is 2.41 bits per heavy atom. The van der Waals surface area contributed by atoms with Gasteiger partial charge in [0.1, 0.15) is 0 Å². The number of allylic oxidation sites excluding steroid dienone is 2. The van der Waals surface area contributed by atoms with Gasteiger partial charge in [0, 0.05) is 14.1 Å². The molecule has 1 aliphatic carbocycles. The van der Waals surface area contributed by atoms with Gasteiger partial charge in [0.05, 0.1) is 18.0 Å². The smallest absolute Gasteiger partial charge is 0.156 e. The number of nitrogens with zero attached hydrogens (tertiary/aromatic N) is 1. The number of nitrogens with one attached hydrogen (secondary N) is 1. The van der Waals surface area contributed by atoms with E-state index in [4.69, 9.17) is 4.74 Å². The van der Waals surface area contributed by atoms with Gasteiger partial charge in [-0.3, -0.25) is 4.99 Å². The van der Waals surface area contributed by atoms with Crippen molar-refractivity contribution in [2.75, 3.05) is 14.1 Å². The first-order valence-corrected chi connectivity index (χ1v) is 6.81. The van der Waals surface area contributed by atoms with Gasteiger partial charge in [-0.2, -0.15) is 0 Å². The van der Waals surface area contributed by atoms with Crippen molar-refractivity contribution < 1.29 is 4.74 Å². The Bertz CT molecular complexity index is 257. The van der Waals surface area contributed by atoms with Gasteiger partial charge in [-0.25, -0.2) is 0 Å². The normalized spacial score (nSPS) is 19.9. The highest BCUT2D eigenvalue weighted by molar-refractivity contribution is 5.76. The van der Waals surface area contributed by atoms with Crippen LogP contribution in [0.3, 0.4) is 0 Å². The molecule has 1 fully saturated rings. The van der Waals surface area contributed by atoms with Crippen molar-refractivity contribution in [1.82, 2.24) is 5.32 Å². The lowest BCUT2D eigenvalue weighted by molar-refractivity contribution is 0.113. The molecule has 0 radical (unpaired) electrons. The summed E-state index contributed by atoms with van der Waals surface area (Å²) in [4.78, 5) is 4.09. The first-order valence-electron chi connectivity index (χ1n) is 6.81. The zero-order chi connectivity index (χ0) is 12.5. The van der Waals surface area contributed by atoms with E-state index in [2.05, 4.69) is 17.2 Å². The molecule has 0 heterocycles. The molecule has 0 aromatic heterocycles. The van der Waals surface area contributed by atoms with E-state index in [1.165, 1.54) is 38.5 Å². The molecule has 0 aromatic rings. The summed E-state index contributed by atoms with van der Waals surface area (Å²) < 4.78 is 6.12. The molecule has 0 atom stereocenters. The van der Waals surface area contributed by atoms with Crippen LogP contribution in [0.5, 0.6) is 0 Å². The average Bonchev–Trinajstić information content (AvgIpc) is 2.59.